The van der Waals surface area contributed by atoms with Crippen LogP contribution in [0.2, 0.25) is 10.0 Å². The molecule has 3 N–H and O–H groups in total. The molecule has 12 nitrogen and oxygen atoms in total. The fourth-order valence-corrected chi connectivity index (χ4v) is 3.64. The molecule has 0 aliphatic carbocycles. The summed E-state index contributed by atoms with van der Waals surface area (Å²) in [5.41, 5.74) is 9.86. The summed E-state index contributed by atoms with van der Waals surface area (Å²) >= 11 is 12.4. The molecule has 2 aromatic heterocycles. The van der Waals surface area contributed by atoms with Gasteiger partial charge in [-0.15, -0.1) is 5.10 Å². The first kappa shape index (κ1) is 24.9. The number of benzene rings is 2. The lowest BCUT2D eigenvalue weighted by molar-refractivity contribution is 0.0946. The highest BCUT2D eigenvalue weighted by atomic mass is 35.5. The van der Waals surface area contributed by atoms with Gasteiger partial charge in [-0.1, -0.05) is 34.5 Å². The predicted octanol–water partition coefficient (Wildman–Crippen LogP) is 3.59. The van der Waals surface area contributed by atoms with Gasteiger partial charge in [0.1, 0.15) is 6.61 Å². The van der Waals surface area contributed by atoms with Gasteiger partial charge in [0.25, 0.3) is 5.91 Å². The van der Waals surface area contributed by atoms with Crippen LogP contribution in [0.25, 0.3) is 5.82 Å². The second-order valence-corrected chi connectivity index (χ2v) is 8.05. The second kappa shape index (κ2) is 11.1. The summed E-state index contributed by atoms with van der Waals surface area (Å²) in [4.78, 5) is 12.7. The quantitative estimate of drug-likeness (QED) is 0.243. The SMILES string of the molecule is CCOc1cc(C=NNC(=O)c2c(C)nnn2-c2nonc2N)ccc1OCc1c(Cl)cccc1Cl. The number of ether oxygens (including phenoxy) is 2. The fraction of sp³-hybridized carbons (Fsp3) is 0.182. The van der Waals surface area contributed by atoms with Crippen molar-refractivity contribution < 1.29 is 18.9 Å². The molecule has 2 aromatic carbocycles. The van der Waals surface area contributed by atoms with Gasteiger partial charge in [0.15, 0.2) is 17.2 Å². The number of aromatic nitrogens is 5. The summed E-state index contributed by atoms with van der Waals surface area (Å²) in [5.74, 6) is 0.402. The molecule has 186 valence electrons. The molecule has 14 heteroatoms. The lowest BCUT2D eigenvalue weighted by Gasteiger charge is -2.14. The molecule has 36 heavy (non-hydrogen) atoms. The van der Waals surface area contributed by atoms with Gasteiger partial charge in [0, 0.05) is 15.6 Å². The molecule has 0 aliphatic heterocycles. The van der Waals surface area contributed by atoms with Crippen LogP contribution < -0.4 is 20.6 Å². The van der Waals surface area contributed by atoms with E-state index >= 15 is 0 Å². The van der Waals surface area contributed by atoms with Crippen LogP contribution >= 0.6 is 23.2 Å². The van der Waals surface area contributed by atoms with Gasteiger partial charge in [-0.25, -0.2) is 10.1 Å². The molecule has 0 radical (unpaired) electrons. The number of halogens is 2. The molecule has 4 aromatic rings. The number of nitrogen functional groups attached to an aromatic ring is 1. The number of carbonyl (C=O) groups is 1. The number of anilines is 1. The van der Waals surface area contributed by atoms with E-state index in [1.165, 1.54) is 6.21 Å². The minimum atomic E-state index is -0.585. The number of carbonyl (C=O) groups excluding carboxylic acids is 1. The van der Waals surface area contributed by atoms with Crippen LogP contribution in [0, 0.1) is 6.92 Å². The Kier molecular flexibility index (Phi) is 7.66. The van der Waals surface area contributed by atoms with Gasteiger partial charge < -0.3 is 15.2 Å². The highest BCUT2D eigenvalue weighted by molar-refractivity contribution is 6.35. The molecule has 2 heterocycles. The molecule has 0 spiro atoms. The van der Waals surface area contributed by atoms with Gasteiger partial charge in [0.2, 0.25) is 11.6 Å². The first-order valence-electron chi connectivity index (χ1n) is 10.6. The van der Waals surface area contributed by atoms with E-state index in [0.717, 1.165) is 4.68 Å². The van der Waals surface area contributed by atoms with Crippen molar-refractivity contribution in [2.24, 2.45) is 5.10 Å². The van der Waals surface area contributed by atoms with E-state index in [2.05, 4.69) is 35.8 Å². The third-order valence-electron chi connectivity index (χ3n) is 4.83. The van der Waals surface area contributed by atoms with Crippen molar-refractivity contribution >= 4 is 41.1 Å². The van der Waals surface area contributed by atoms with Crippen LogP contribution in [0.4, 0.5) is 5.82 Å². The zero-order valence-corrected chi connectivity index (χ0v) is 20.6. The molecule has 0 saturated carbocycles. The molecule has 0 atom stereocenters. The normalized spacial score (nSPS) is 11.1. The number of aryl methyl sites for hydroxylation is 1. The van der Waals surface area contributed by atoms with Crippen molar-refractivity contribution in [3.8, 4) is 17.3 Å². The smallest absolute Gasteiger partial charge is 0.292 e. The molecular formula is C22H20Cl2N8O4. The summed E-state index contributed by atoms with van der Waals surface area (Å²) in [7, 11) is 0. The second-order valence-electron chi connectivity index (χ2n) is 7.24. The molecule has 0 aliphatic rings. The summed E-state index contributed by atoms with van der Waals surface area (Å²) in [5, 5.41) is 19.9. The van der Waals surface area contributed by atoms with Gasteiger partial charge in [0.05, 0.1) is 18.5 Å². The van der Waals surface area contributed by atoms with Crippen molar-refractivity contribution in [3.05, 3.63) is 69.0 Å². The van der Waals surface area contributed by atoms with Crippen molar-refractivity contribution in [3.63, 3.8) is 0 Å². The Bertz CT molecular complexity index is 1400. The van der Waals surface area contributed by atoms with Crippen LogP contribution in [0.15, 0.2) is 46.1 Å². The number of nitrogens with two attached hydrogens (primary N) is 1. The van der Waals surface area contributed by atoms with E-state index in [4.69, 9.17) is 38.4 Å². The van der Waals surface area contributed by atoms with Gasteiger partial charge in [-0.2, -0.15) is 9.78 Å². The van der Waals surface area contributed by atoms with Crippen LogP contribution in [0.5, 0.6) is 11.5 Å². The topological polar surface area (TPSA) is 156 Å². The number of hydrogen-bond donors (Lipinski definition) is 2. The fourth-order valence-electron chi connectivity index (χ4n) is 3.13. The first-order chi connectivity index (χ1) is 17.4. The Morgan fingerprint density at radius 1 is 1.19 bits per heavy atom. The highest BCUT2D eigenvalue weighted by Crippen LogP contribution is 2.31. The maximum absolute atomic E-state index is 12.7. The maximum Gasteiger partial charge on any atom is 0.292 e. The van der Waals surface area contributed by atoms with Crippen LogP contribution in [-0.2, 0) is 6.61 Å². The van der Waals surface area contributed by atoms with E-state index in [1.54, 1.807) is 43.3 Å². The molecule has 0 fully saturated rings. The van der Waals surface area contributed by atoms with Crippen LogP contribution in [0.3, 0.4) is 0 Å². The number of nitrogens with one attached hydrogen (secondary N) is 1. The number of hydrazone groups is 1. The molecule has 0 saturated heterocycles. The van der Waals surface area contributed by atoms with Crippen molar-refractivity contribution in [1.82, 2.24) is 30.7 Å². The van der Waals surface area contributed by atoms with Crippen LogP contribution in [-0.4, -0.2) is 44.0 Å². The van der Waals surface area contributed by atoms with E-state index < -0.39 is 5.91 Å². The van der Waals surface area contributed by atoms with Gasteiger partial charge in [-0.05, 0) is 60.1 Å². The predicted molar refractivity (Wildman–Crippen MR) is 132 cm³/mol. The maximum atomic E-state index is 12.7. The van der Waals surface area contributed by atoms with Crippen molar-refractivity contribution in [1.29, 1.82) is 0 Å². The first-order valence-corrected chi connectivity index (χ1v) is 11.3. The number of hydrogen-bond acceptors (Lipinski definition) is 10. The average molecular weight is 531 g/mol. The Balaban J connectivity index is 1.47. The average Bonchev–Trinajstić information content (AvgIpc) is 3.44. The molecular weight excluding hydrogens is 511 g/mol. The summed E-state index contributed by atoms with van der Waals surface area (Å²) in [6.07, 6.45) is 1.45. The molecule has 0 unspecified atom stereocenters. The summed E-state index contributed by atoms with van der Waals surface area (Å²) < 4.78 is 17.3. The minimum absolute atomic E-state index is 0.0414. The largest absolute Gasteiger partial charge is 0.490 e. The number of amides is 1. The highest BCUT2D eigenvalue weighted by Gasteiger charge is 2.22. The minimum Gasteiger partial charge on any atom is -0.490 e. The molecule has 0 bridgehead atoms. The zero-order valence-electron chi connectivity index (χ0n) is 19.1. The summed E-state index contributed by atoms with van der Waals surface area (Å²) in [6, 6.07) is 10.4. The molecule has 1 amide bonds. The lowest BCUT2D eigenvalue weighted by atomic mass is 10.2. The van der Waals surface area contributed by atoms with Crippen molar-refractivity contribution in [2.75, 3.05) is 12.3 Å². The summed E-state index contributed by atoms with van der Waals surface area (Å²) in [6.45, 7) is 4.03. The Morgan fingerprint density at radius 3 is 2.67 bits per heavy atom. The standard InChI is InChI=1S/C22H20Cl2N8O4/c1-3-34-18-9-13(7-8-17(18)35-11-14-15(23)5-4-6-16(14)24)10-26-28-22(33)19-12(2)27-31-32(19)21-20(25)29-36-30-21/h4-10H,3,11H2,1-2H3,(H2,25,29)(H,28,33). The monoisotopic (exact) mass is 530 g/mol. The van der Waals surface area contributed by atoms with Crippen LogP contribution in [0.1, 0.15) is 34.2 Å². The van der Waals surface area contributed by atoms with Crippen molar-refractivity contribution in [2.45, 2.75) is 20.5 Å². The Labute approximate surface area is 214 Å². The number of nitrogens with zero attached hydrogens (tertiary/aromatic N) is 6. The van der Waals surface area contributed by atoms with E-state index in [1.807, 2.05) is 6.92 Å². The third kappa shape index (κ3) is 5.39. The van der Waals surface area contributed by atoms with E-state index in [-0.39, 0.29) is 23.9 Å². The number of rotatable bonds is 9. The van der Waals surface area contributed by atoms with Gasteiger partial charge >= 0.3 is 0 Å². The van der Waals surface area contributed by atoms with E-state index in [9.17, 15) is 4.79 Å². The Hall–Kier alpha value is -4.16. The third-order valence-corrected chi connectivity index (χ3v) is 5.54. The van der Waals surface area contributed by atoms with Gasteiger partial charge in [-0.3, -0.25) is 4.79 Å². The molecule has 4 rings (SSSR count). The Morgan fingerprint density at radius 2 is 1.97 bits per heavy atom. The van der Waals surface area contributed by atoms with E-state index in [0.29, 0.717) is 45.0 Å². The zero-order chi connectivity index (χ0) is 25.7. The lowest BCUT2D eigenvalue weighted by Crippen LogP contribution is -2.22.